The number of hydrogen-bond donors (Lipinski definition) is 2. The van der Waals surface area contributed by atoms with Crippen LogP contribution in [0.2, 0.25) is 0 Å². The van der Waals surface area contributed by atoms with E-state index in [4.69, 9.17) is 5.73 Å². The van der Waals surface area contributed by atoms with Gasteiger partial charge >= 0.3 is 0 Å². The molecule has 2 rings (SSSR count). The fourth-order valence-corrected chi connectivity index (χ4v) is 2.78. The summed E-state index contributed by atoms with van der Waals surface area (Å²) in [4.78, 5) is 13.5. The highest BCUT2D eigenvalue weighted by Gasteiger charge is 2.10. The molecule has 1 aromatic heterocycles. The van der Waals surface area contributed by atoms with Gasteiger partial charge in [-0.1, -0.05) is 17.9 Å². The van der Waals surface area contributed by atoms with Crippen LogP contribution in [-0.2, 0) is 6.54 Å². The van der Waals surface area contributed by atoms with Crippen molar-refractivity contribution >= 4 is 17.2 Å². The van der Waals surface area contributed by atoms with Crippen LogP contribution in [0.4, 0.5) is 0 Å². The summed E-state index contributed by atoms with van der Waals surface area (Å²) in [7, 11) is 0. The Morgan fingerprint density at radius 1 is 1.29 bits per heavy atom. The first-order chi connectivity index (χ1) is 10.1. The number of hydrogen-bond acceptors (Lipinski definition) is 3. The number of amides is 1. The molecule has 0 aliphatic heterocycles. The summed E-state index contributed by atoms with van der Waals surface area (Å²) < 4.78 is 0. The number of nitrogens with one attached hydrogen (secondary N) is 1. The zero-order valence-corrected chi connectivity index (χ0v) is 13.0. The first-order valence-corrected chi connectivity index (χ1v) is 7.60. The van der Waals surface area contributed by atoms with Gasteiger partial charge in [0.1, 0.15) is 0 Å². The molecule has 0 saturated heterocycles. The maximum Gasteiger partial charge on any atom is 0.251 e. The van der Waals surface area contributed by atoms with Gasteiger partial charge in [-0.15, -0.1) is 11.3 Å². The molecule has 2 aromatic rings. The van der Waals surface area contributed by atoms with Gasteiger partial charge in [0.15, 0.2) is 0 Å². The molecule has 0 spiro atoms. The van der Waals surface area contributed by atoms with Gasteiger partial charge < -0.3 is 11.1 Å². The van der Waals surface area contributed by atoms with Crippen LogP contribution < -0.4 is 11.1 Å². The molecule has 0 saturated carbocycles. The summed E-state index contributed by atoms with van der Waals surface area (Å²) in [6.07, 6.45) is 0. The first-order valence-electron chi connectivity index (χ1n) is 6.72. The molecule has 0 aliphatic rings. The Morgan fingerprint density at radius 2 is 2.10 bits per heavy atom. The predicted octanol–water partition coefficient (Wildman–Crippen LogP) is 2.61. The highest BCUT2D eigenvalue weighted by molar-refractivity contribution is 7.10. The van der Waals surface area contributed by atoms with Crippen molar-refractivity contribution in [1.82, 2.24) is 5.32 Å². The molecule has 0 aliphatic carbocycles. The highest BCUT2D eigenvalue weighted by atomic mass is 32.1. The number of carbonyl (C=O) groups is 1. The minimum absolute atomic E-state index is 0.0725. The molecule has 0 fully saturated rings. The van der Waals surface area contributed by atoms with Gasteiger partial charge in [-0.2, -0.15) is 0 Å². The van der Waals surface area contributed by atoms with Crippen molar-refractivity contribution in [2.45, 2.75) is 20.4 Å². The Hall–Kier alpha value is -2.09. The van der Waals surface area contributed by atoms with E-state index in [2.05, 4.69) is 23.2 Å². The van der Waals surface area contributed by atoms with Gasteiger partial charge in [0.2, 0.25) is 0 Å². The van der Waals surface area contributed by atoms with E-state index < -0.39 is 0 Å². The molecule has 4 heteroatoms. The van der Waals surface area contributed by atoms with E-state index in [1.54, 1.807) is 11.3 Å². The van der Waals surface area contributed by atoms with E-state index in [9.17, 15) is 4.79 Å². The van der Waals surface area contributed by atoms with Gasteiger partial charge in [0.25, 0.3) is 5.91 Å². The highest BCUT2D eigenvalue weighted by Crippen LogP contribution is 2.16. The number of aryl methyl sites for hydroxylation is 2. The predicted molar refractivity (Wildman–Crippen MR) is 87.3 cm³/mol. The average Bonchev–Trinajstić information content (AvgIpc) is 2.89. The number of carbonyl (C=O) groups excluding carboxylic acids is 1. The van der Waals surface area contributed by atoms with Gasteiger partial charge in [0, 0.05) is 16.0 Å². The van der Waals surface area contributed by atoms with Crippen LogP contribution in [0.3, 0.4) is 0 Å². The quantitative estimate of drug-likeness (QED) is 0.856. The summed E-state index contributed by atoms with van der Waals surface area (Å²) in [6, 6.07) is 7.68. The van der Waals surface area contributed by atoms with E-state index >= 15 is 0 Å². The molecule has 0 bridgehead atoms. The second kappa shape index (κ2) is 7.07. The molecule has 1 aromatic carbocycles. The minimum atomic E-state index is -0.0725. The Labute approximate surface area is 129 Å². The van der Waals surface area contributed by atoms with Crippen molar-refractivity contribution in [2.75, 3.05) is 6.54 Å². The largest absolute Gasteiger partial charge is 0.347 e. The molecular formula is C17H18N2OS. The van der Waals surface area contributed by atoms with Gasteiger partial charge in [0.05, 0.1) is 13.1 Å². The lowest BCUT2D eigenvalue weighted by Gasteiger charge is -2.08. The third kappa shape index (κ3) is 3.94. The van der Waals surface area contributed by atoms with Crippen molar-refractivity contribution in [2.24, 2.45) is 5.73 Å². The second-order valence-corrected chi connectivity index (χ2v) is 5.75. The summed E-state index contributed by atoms with van der Waals surface area (Å²) in [5.74, 6) is 5.68. The monoisotopic (exact) mass is 298 g/mol. The van der Waals surface area contributed by atoms with E-state index in [0.29, 0.717) is 18.7 Å². The van der Waals surface area contributed by atoms with E-state index in [-0.39, 0.29) is 5.91 Å². The van der Waals surface area contributed by atoms with Crippen LogP contribution >= 0.6 is 11.3 Å². The lowest BCUT2D eigenvalue weighted by atomic mass is 10.0. The smallest absolute Gasteiger partial charge is 0.251 e. The zero-order chi connectivity index (χ0) is 15.2. The van der Waals surface area contributed by atoms with E-state index in [1.807, 2.05) is 37.4 Å². The molecule has 3 N–H and O–H groups in total. The Morgan fingerprint density at radius 3 is 2.76 bits per heavy atom. The lowest BCUT2D eigenvalue weighted by molar-refractivity contribution is 0.0950. The van der Waals surface area contributed by atoms with Crippen LogP contribution in [0.1, 0.15) is 31.9 Å². The molecule has 3 nitrogen and oxygen atoms in total. The number of thiophene rings is 1. The summed E-state index contributed by atoms with van der Waals surface area (Å²) in [5, 5.41) is 5.00. The number of benzene rings is 1. The molecule has 0 atom stereocenters. The maximum atomic E-state index is 12.3. The first kappa shape index (κ1) is 15.3. The Kier molecular flexibility index (Phi) is 5.15. The minimum Gasteiger partial charge on any atom is -0.347 e. The van der Waals surface area contributed by atoms with Gasteiger partial charge in [-0.3, -0.25) is 4.79 Å². The van der Waals surface area contributed by atoms with Crippen LogP contribution in [-0.4, -0.2) is 12.5 Å². The topological polar surface area (TPSA) is 55.1 Å². The molecule has 0 unspecified atom stereocenters. The fourth-order valence-electron chi connectivity index (χ4n) is 1.94. The van der Waals surface area contributed by atoms with Crippen LogP contribution in [0.5, 0.6) is 0 Å². The van der Waals surface area contributed by atoms with Crippen molar-refractivity contribution in [3.05, 3.63) is 56.8 Å². The van der Waals surface area contributed by atoms with Crippen molar-refractivity contribution in [1.29, 1.82) is 0 Å². The Bertz CT molecular complexity index is 707. The SMILES string of the molecule is Cc1ccc(C#CCN)cc1C(=O)NCc1sccc1C. The fraction of sp³-hybridized carbons (Fsp3) is 0.235. The zero-order valence-electron chi connectivity index (χ0n) is 12.2. The van der Waals surface area contributed by atoms with Crippen molar-refractivity contribution < 1.29 is 4.79 Å². The lowest BCUT2D eigenvalue weighted by Crippen LogP contribution is -2.23. The van der Waals surface area contributed by atoms with Gasteiger partial charge in [-0.05, 0) is 48.6 Å². The molecule has 21 heavy (non-hydrogen) atoms. The van der Waals surface area contributed by atoms with Crippen LogP contribution in [0, 0.1) is 25.7 Å². The normalized spacial score (nSPS) is 9.86. The van der Waals surface area contributed by atoms with Crippen LogP contribution in [0.25, 0.3) is 0 Å². The molecule has 0 radical (unpaired) electrons. The molecule has 1 amide bonds. The number of rotatable bonds is 3. The average molecular weight is 298 g/mol. The van der Waals surface area contributed by atoms with Crippen molar-refractivity contribution in [3.8, 4) is 11.8 Å². The van der Waals surface area contributed by atoms with E-state index in [0.717, 1.165) is 11.1 Å². The summed E-state index contributed by atoms with van der Waals surface area (Å²) in [6.45, 7) is 4.84. The third-order valence-electron chi connectivity index (χ3n) is 3.19. The second-order valence-electron chi connectivity index (χ2n) is 4.75. The van der Waals surface area contributed by atoms with Crippen molar-refractivity contribution in [3.63, 3.8) is 0 Å². The standard InChI is InChI=1S/C17H18N2OS/c1-12-5-6-14(4-3-8-18)10-15(12)17(20)19-11-16-13(2)7-9-21-16/h5-7,9-10H,8,11,18H2,1-2H3,(H,19,20). The molecular weight excluding hydrogens is 280 g/mol. The Balaban J connectivity index is 2.13. The van der Waals surface area contributed by atoms with E-state index in [1.165, 1.54) is 10.4 Å². The third-order valence-corrected chi connectivity index (χ3v) is 4.22. The van der Waals surface area contributed by atoms with Crippen LogP contribution in [0.15, 0.2) is 29.6 Å². The summed E-state index contributed by atoms with van der Waals surface area (Å²) in [5.41, 5.74) is 8.98. The number of nitrogens with two attached hydrogens (primary N) is 1. The summed E-state index contributed by atoms with van der Waals surface area (Å²) >= 11 is 1.65. The molecule has 108 valence electrons. The maximum absolute atomic E-state index is 12.3. The van der Waals surface area contributed by atoms with Gasteiger partial charge in [-0.25, -0.2) is 0 Å². The molecule has 1 heterocycles.